The third kappa shape index (κ3) is 4.31. The first-order valence-electron chi connectivity index (χ1n) is 9.04. The smallest absolute Gasteiger partial charge is 0.419 e. The summed E-state index contributed by atoms with van der Waals surface area (Å²) in [6.07, 6.45) is -0.979. The number of esters is 1. The minimum absolute atomic E-state index is 0.0513. The van der Waals surface area contributed by atoms with E-state index < -0.39 is 17.8 Å². The molecule has 0 saturated heterocycles. The predicted octanol–water partition coefficient (Wildman–Crippen LogP) is 3.20. The third-order valence-corrected chi connectivity index (χ3v) is 4.24. The van der Waals surface area contributed by atoms with Gasteiger partial charge in [0.1, 0.15) is 5.75 Å². The Morgan fingerprint density at radius 3 is 2.54 bits per heavy atom. The maximum Gasteiger partial charge on any atom is 0.419 e. The second-order valence-electron chi connectivity index (χ2n) is 6.19. The van der Waals surface area contributed by atoms with Gasteiger partial charge in [-0.05, 0) is 50.2 Å². The van der Waals surface area contributed by atoms with Crippen molar-refractivity contribution in [3.63, 3.8) is 0 Å². The molecule has 0 fully saturated rings. The van der Waals surface area contributed by atoms with E-state index >= 15 is 0 Å². The number of ketones is 1. The average molecular weight is 383 g/mol. The number of ether oxygens (including phenoxy) is 2. The molecule has 0 bridgehead atoms. The molecule has 1 aromatic heterocycles. The van der Waals surface area contributed by atoms with Crippen molar-refractivity contribution in [3.05, 3.63) is 64.6 Å². The first-order chi connectivity index (χ1) is 13.5. The Morgan fingerprint density at radius 2 is 1.82 bits per heavy atom. The summed E-state index contributed by atoms with van der Waals surface area (Å²) >= 11 is 0. The second-order valence-corrected chi connectivity index (χ2v) is 6.19. The summed E-state index contributed by atoms with van der Waals surface area (Å²) in [5.74, 6) is -0.736. The summed E-state index contributed by atoms with van der Waals surface area (Å²) in [5, 5.41) is 0. The van der Waals surface area contributed by atoms with E-state index in [4.69, 9.17) is 13.9 Å². The normalized spacial score (nSPS) is 11.9. The Labute approximate surface area is 161 Å². The molecule has 146 valence electrons. The van der Waals surface area contributed by atoms with Crippen LogP contribution >= 0.6 is 0 Å². The molecular weight excluding hydrogens is 362 g/mol. The van der Waals surface area contributed by atoms with E-state index in [1.807, 2.05) is 6.92 Å². The summed E-state index contributed by atoms with van der Waals surface area (Å²) in [6.45, 7) is 4.05. The van der Waals surface area contributed by atoms with Gasteiger partial charge in [-0.3, -0.25) is 14.2 Å². The molecule has 1 heterocycles. The van der Waals surface area contributed by atoms with Gasteiger partial charge < -0.3 is 13.9 Å². The largest absolute Gasteiger partial charge is 0.494 e. The van der Waals surface area contributed by atoms with E-state index in [0.717, 1.165) is 0 Å². The average Bonchev–Trinajstić information content (AvgIpc) is 3.01. The van der Waals surface area contributed by atoms with Gasteiger partial charge in [-0.2, -0.15) is 0 Å². The molecule has 3 aromatic rings. The van der Waals surface area contributed by atoms with E-state index in [9.17, 15) is 14.4 Å². The Bertz CT molecular complexity index is 1030. The van der Waals surface area contributed by atoms with Crippen molar-refractivity contribution in [2.24, 2.45) is 0 Å². The number of rotatable bonds is 8. The maximum absolute atomic E-state index is 12.4. The molecular formula is C21H21NO6. The van der Waals surface area contributed by atoms with Crippen molar-refractivity contribution in [2.45, 2.75) is 32.9 Å². The molecule has 0 aliphatic carbocycles. The molecule has 0 saturated carbocycles. The van der Waals surface area contributed by atoms with Crippen LogP contribution in [-0.2, 0) is 16.1 Å². The molecule has 0 unspecified atom stereocenters. The fraction of sp³-hybridized carbons (Fsp3) is 0.286. The highest BCUT2D eigenvalue weighted by Crippen LogP contribution is 2.15. The van der Waals surface area contributed by atoms with E-state index in [-0.39, 0.29) is 18.7 Å². The molecule has 1 atom stereocenters. The second kappa shape index (κ2) is 8.56. The number of fused-ring (bicyclic) bond motifs is 1. The molecule has 0 spiro atoms. The number of carbonyl (C=O) groups is 2. The Kier molecular flexibility index (Phi) is 5.93. The number of hydrogen-bond donors (Lipinski definition) is 0. The van der Waals surface area contributed by atoms with Crippen LogP contribution in [0, 0.1) is 0 Å². The van der Waals surface area contributed by atoms with Gasteiger partial charge in [0.2, 0.25) is 5.78 Å². The van der Waals surface area contributed by atoms with Crippen LogP contribution in [0.25, 0.3) is 11.1 Å². The topological polar surface area (TPSA) is 87.7 Å². The molecule has 28 heavy (non-hydrogen) atoms. The van der Waals surface area contributed by atoms with Gasteiger partial charge >= 0.3 is 11.7 Å². The Balaban J connectivity index is 1.58. The number of hydrogen-bond acceptors (Lipinski definition) is 6. The SMILES string of the molecule is CCOc1ccc(C(=O)[C@@H](C)OC(=O)CCn2c(=O)oc3ccccc32)cc1. The van der Waals surface area contributed by atoms with E-state index in [2.05, 4.69) is 0 Å². The van der Waals surface area contributed by atoms with Gasteiger partial charge in [0.05, 0.1) is 18.5 Å². The molecule has 0 aliphatic rings. The quantitative estimate of drug-likeness (QED) is 0.438. The Hall–Kier alpha value is -3.35. The predicted molar refractivity (Wildman–Crippen MR) is 103 cm³/mol. The molecule has 0 amide bonds. The number of oxazole rings is 1. The number of nitrogens with zero attached hydrogens (tertiary/aromatic N) is 1. The zero-order valence-corrected chi connectivity index (χ0v) is 15.7. The van der Waals surface area contributed by atoms with E-state index in [0.29, 0.717) is 29.0 Å². The van der Waals surface area contributed by atoms with Crippen molar-refractivity contribution in [1.82, 2.24) is 4.57 Å². The van der Waals surface area contributed by atoms with E-state index in [1.54, 1.807) is 48.5 Å². The van der Waals surface area contributed by atoms with Crippen LogP contribution in [-0.4, -0.2) is 29.0 Å². The fourth-order valence-electron chi connectivity index (χ4n) is 2.86. The van der Waals surface area contributed by atoms with Crippen molar-refractivity contribution < 1.29 is 23.5 Å². The number of aromatic nitrogens is 1. The van der Waals surface area contributed by atoms with Crippen molar-refractivity contribution in [1.29, 1.82) is 0 Å². The molecule has 0 aliphatic heterocycles. The van der Waals surface area contributed by atoms with Crippen LogP contribution in [0.3, 0.4) is 0 Å². The van der Waals surface area contributed by atoms with Crippen molar-refractivity contribution in [3.8, 4) is 5.75 Å². The lowest BCUT2D eigenvalue weighted by Gasteiger charge is -2.13. The summed E-state index contributed by atoms with van der Waals surface area (Å²) in [4.78, 5) is 36.5. The van der Waals surface area contributed by atoms with Gasteiger partial charge in [0.15, 0.2) is 11.7 Å². The van der Waals surface area contributed by atoms with Crippen LogP contribution in [0.1, 0.15) is 30.6 Å². The monoisotopic (exact) mass is 383 g/mol. The van der Waals surface area contributed by atoms with Crippen molar-refractivity contribution in [2.75, 3.05) is 6.61 Å². The van der Waals surface area contributed by atoms with Gasteiger partial charge in [-0.15, -0.1) is 0 Å². The van der Waals surface area contributed by atoms with Crippen LogP contribution in [0.2, 0.25) is 0 Å². The lowest BCUT2D eigenvalue weighted by Crippen LogP contribution is -2.25. The van der Waals surface area contributed by atoms with Crippen LogP contribution in [0.5, 0.6) is 5.75 Å². The van der Waals surface area contributed by atoms with Gasteiger partial charge in [0.25, 0.3) is 0 Å². The highest BCUT2D eigenvalue weighted by atomic mass is 16.5. The number of aryl methyl sites for hydroxylation is 1. The maximum atomic E-state index is 12.4. The summed E-state index contributed by atoms with van der Waals surface area (Å²) in [5.41, 5.74) is 1.50. The number of para-hydroxylation sites is 2. The van der Waals surface area contributed by atoms with Crippen LogP contribution < -0.4 is 10.5 Å². The highest BCUT2D eigenvalue weighted by molar-refractivity contribution is 6.00. The van der Waals surface area contributed by atoms with Gasteiger partial charge in [0, 0.05) is 12.1 Å². The minimum Gasteiger partial charge on any atom is -0.494 e. The first-order valence-corrected chi connectivity index (χ1v) is 9.04. The molecule has 2 aromatic carbocycles. The Morgan fingerprint density at radius 1 is 1.11 bits per heavy atom. The first kappa shape index (κ1) is 19.4. The zero-order chi connectivity index (χ0) is 20.1. The standard InChI is InChI=1S/C21H21NO6/c1-3-26-16-10-8-15(9-11-16)20(24)14(2)27-19(23)12-13-22-17-6-4-5-7-18(17)28-21(22)25/h4-11,14H,3,12-13H2,1-2H3/t14-/m1/s1. The third-order valence-electron chi connectivity index (χ3n) is 4.24. The molecule has 0 radical (unpaired) electrons. The molecule has 3 rings (SSSR count). The number of carbonyl (C=O) groups excluding carboxylic acids is 2. The van der Waals surface area contributed by atoms with Gasteiger partial charge in [-0.1, -0.05) is 12.1 Å². The van der Waals surface area contributed by atoms with Crippen LogP contribution in [0.4, 0.5) is 0 Å². The summed E-state index contributed by atoms with van der Waals surface area (Å²) in [7, 11) is 0. The zero-order valence-electron chi connectivity index (χ0n) is 15.7. The molecule has 7 heteroatoms. The minimum atomic E-state index is -0.928. The fourth-order valence-corrected chi connectivity index (χ4v) is 2.86. The number of benzene rings is 2. The van der Waals surface area contributed by atoms with Crippen molar-refractivity contribution >= 4 is 22.9 Å². The molecule has 0 N–H and O–H groups in total. The highest BCUT2D eigenvalue weighted by Gasteiger charge is 2.20. The van der Waals surface area contributed by atoms with Gasteiger partial charge in [-0.25, -0.2) is 4.79 Å². The molecule has 7 nitrogen and oxygen atoms in total. The summed E-state index contributed by atoms with van der Waals surface area (Å²) in [6, 6.07) is 13.6. The number of Topliss-reactive ketones (excluding diaryl/α,β-unsaturated/α-hetero) is 1. The lowest BCUT2D eigenvalue weighted by atomic mass is 10.1. The van der Waals surface area contributed by atoms with E-state index in [1.165, 1.54) is 11.5 Å². The van der Waals surface area contributed by atoms with Crippen LogP contribution in [0.15, 0.2) is 57.7 Å². The summed E-state index contributed by atoms with van der Waals surface area (Å²) < 4.78 is 17.1. The lowest BCUT2D eigenvalue weighted by molar-refractivity contribution is -0.146.